The van der Waals surface area contributed by atoms with Crippen molar-refractivity contribution >= 4 is 41.0 Å². The molecule has 0 saturated carbocycles. The van der Waals surface area contributed by atoms with Crippen LogP contribution in [-0.4, -0.2) is 71.0 Å². The van der Waals surface area contributed by atoms with E-state index in [9.17, 15) is 9.59 Å². The third-order valence-electron chi connectivity index (χ3n) is 4.16. The predicted molar refractivity (Wildman–Crippen MR) is 106 cm³/mol. The normalized spacial score (nSPS) is 18.7. The predicted octanol–water partition coefficient (Wildman–Crippen LogP) is 1.12. The molecule has 12 heteroatoms. The van der Waals surface area contributed by atoms with E-state index in [0.717, 1.165) is 0 Å². The first-order chi connectivity index (χ1) is 14.5. The fraction of sp³-hybridized carbons (Fsp3) is 0.278. The quantitative estimate of drug-likeness (QED) is 0.620. The molecule has 0 radical (unpaired) electrons. The minimum atomic E-state index is -0.924. The molecule has 3 rings (SSSR count). The molecule has 11 nitrogen and oxygen atoms in total. The molecule has 1 aromatic carbocycles. The first-order valence-electron chi connectivity index (χ1n) is 8.57. The second kappa shape index (κ2) is 9.37. The van der Waals surface area contributed by atoms with Gasteiger partial charge in [-0.15, -0.1) is 25.2 Å². The van der Waals surface area contributed by atoms with Crippen LogP contribution in [0, 0.1) is 5.92 Å². The summed E-state index contributed by atoms with van der Waals surface area (Å²) in [4.78, 5) is 25.4. The summed E-state index contributed by atoms with van der Waals surface area (Å²) in [5.41, 5.74) is 0.536. The van der Waals surface area contributed by atoms with Gasteiger partial charge in [-0.25, -0.2) is 9.59 Å². The van der Waals surface area contributed by atoms with Crippen molar-refractivity contribution in [1.29, 1.82) is 0 Å². The lowest BCUT2D eigenvalue weighted by atomic mass is 9.91. The highest BCUT2D eigenvalue weighted by atomic mass is 35.5. The highest BCUT2D eigenvalue weighted by Gasteiger charge is 2.39. The van der Waals surface area contributed by atoms with Crippen LogP contribution in [0.2, 0.25) is 5.02 Å². The van der Waals surface area contributed by atoms with Gasteiger partial charge in [-0.2, -0.15) is 0 Å². The Hall–Kier alpha value is -3.44. The van der Waals surface area contributed by atoms with Gasteiger partial charge >= 0.3 is 11.9 Å². The van der Waals surface area contributed by atoms with Gasteiger partial charge in [0.1, 0.15) is 6.10 Å². The number of rotatable bonds is 6. The van der Waals surface area contributed by atoms with Crippen LogP contribution in [0.4, 0.5) is 0 Å². The Morgan fingerprint density at radius 3 is 2.30 bits per heavy atom. The number of ether oxygens (including phenoxy) is 3. The van der Waals surface area contributed by atoms with E-state index in [1.165, 1.54) is 32.2 Å². The Morgan fingerprint density at radius 2 is 1.67 bits per heavy atom. The Kier molecular flexibility index (Phi) is 6.65. The molecule has 2 heterocycles. The third kappa shape index (κ3) is 4.42. The minimum absolute atomic E-state index is 0.0432. The number of carbonyl (C=O) groups excluding carboxylic acids is 2. The van der Waals surface area contributed by atoms with Gasteiger partial charge in [0.2, 0.25) is 0 Å². The molecule has 2 aromatic rings. The van der Waals surface area contributed by atoms with E-state index in [1.807, 2.05) is 0 Å². The van der Waals surface area contributed by atoms with Crippen LogP contribution in [0.5, 0.6) is 0 Å². The van der Waals surface area contributed by atoms with Crippen LogP contribution in [0.3, 0.4) is 0 Å². The molecule has 1 aromatic heterocycles. The van der Waals surface area contributed by atoms with Crippen LogP contribution in [0.1, 0.15) is 5.82 Å². The number of halogens is 1. The molecular weight excluding hydrogens is 416 g/mol. The molecular formula is C18H17ClN6O5. The number of benzene rings is 1. The summed E-state index contributed by atoms with van der Waals surface area (Å²) < 4.78 is 14.9. The maximum atomic E-state index is 12.1. The van der Waals surface area contributed by atoms with Gasteiger partial charge in [-0.1, -0.05) is 17.7 Å². The third-order valence-corrected chi connectivity index (χ3v) is 4.41. The highest BCUT2D eigenvalue weighted by molar-refractivity contribution is 6.44. The standard InChI is InChI=1S/C18H17ClN6O5/c1-28-16-12(14(17(26)29-2)21-22-15(16)18(27)30-3)8-9-13-20-24-25(23-13)11-6-4-10(19)5-7-11/h4-9,12,16H,1-3H3/b9-8-. The van der Waals surface area contributed by atoms with E-state index in [2.05, 4.69) is 25.6 Å². The van der Waals surface area contributed by atoms with Crippen molar-refractivity contribution in [3.63, 3.8) is 0 Å². The van der Waals surface area contributed by atoms with Crippen LogP contribution >= 0.6 is 11.6 Å². The first kappa shape index (κ1) is 21.3. The molecule has 0 amide bonds. The molecule has 2 unspecified atom stereocenters. The fourth-order valence-electron chi connectivity index (χ4n) is 2.70. The molecule has 156 valence electrons. The maximum absolute atomic E-state index is 12.1. The van der Waals surface area contributed by atoms with Crippen molar-refractivity contribution in [2.75, 3.05) is 21.3 Å². The lowest BCUT2D eigenvalue weighted by Crippen LogP contribution is -2.44. The Balaban J connectivity index is 1.90. The number of esters is 2. The monoisotopic (exact) mass is 432 g/mol. The van der Waals surface area contributed by atoms with Crippen molar-refractivity contribution in [3.8, 4) is 5.69 Å². The molecule has 0 aliphatic carbocycles. The molecule has 0 fully saturated rings. The van der Waals surface area contributed by atoms with Gasteiger partial charge in [-0.3, -0.25) is 0 Å². The lowest BCUT2D eigenvalue weighted by Gasteiger charge is -2.25. The van der Waals surface area contributed by atoms with E-state index in [0.29, 0.717) is 10.7 Å². The Bertz CT molecular complexity index is 1030. The minimum Gasteiger partial charge on any atom is -0.464 e. The zero-order chi connectivity index (χ0) is 21.7. The number of methoxy groups -OCH3 is 3. The van der Waals surface area contributed by atoms with Crippen molar-refractivity contribution in [2.24, 2.45) is 16.1 Å². The molecule has 0 spiro atoms. The maximum Gasteiger partial charge on any atom is 0.357 e. The zero-order valence-corrected chi connectivity index (χ0v) is 17.0. The zero-order valence-electron chi connectivity index (χ0n) is 16.2. The molecule has 0 N–H and O–H groups in total. The second-order valence-electron chi connectivity index (χ2n) is 5.91. The second-order valence-corrected chi connectivity index (χ2v) is 6.34. The van der Waals surface area contributed by atoms with Gasteiger partial charge in [-0.05, 0) is 35.6 Å². The topological polar surface area (TPSA) is 130 Å². The summed E-state index contributed by atoms with van der Waals surface area (Å²) in [5, 5.41) is 20.4. The van der Waals surface area contributed by atoms with E-state index < -0.39 is 24.0 Å². The summed E-state index contributed by atoms with van der Waals surface area (Å²) in [6.07, 6.45) is 2.16. The van der Waals surface area contributed by atoms with Gasteiger partial charge in [0.25, 0.3) is 0 Å². The van der Waals surface area contributed by atoms with E-state index in [1.54, 1.807) is 30.3 Å². The Labute approximate surface area is 176 Å². The van der Waals surface area contributed by atoms with Crippen molar-refractivity contribution in [1.82, 2.24) is 20.2 Å². The SMILES string of the molecule is COC(=O)C1=NN=C(C(=O)OC)C(OC)C1/C=C\c1nnn(-c2ccc(Cl)cc2)n1. The summed E-state index contributed by atoms with van der Waals surface area (Å²) in [5.74, 6) is -1.97. The number of hydrogen-bond acceptors (Lipinski definition) is 10. The van der Waals surface area contributed by atoms with Crippen LogP contribution < -0.4 is 0 Å². The van der Waals surface area contributed by atoms with Gasteiger partial charge < -0.3 is 14.2 Å². The lowest BCUT2D eigenvalue weighted by molar-refractivity contribution is -0.135. The number of hydrogen-bond donors (Lipinski definition) is 0. The number of carbonyl (C=O) groups is 2. The van der Waals surface area contributed by atoms with E-state index in [4.69, 9.17) is 25.8 Å². The van der Waals surface area contributed by atoms with Crippen molar-refractivity contribution < 1.29 is 23.8 Å². The van der Waals surface area contributed by atoms with Gasteiger partial charge in [0.15, 0.2) is 17.2 Å². The van der Waals surface area contributed by atoms with Crippen LogP contribution in [0.25, 0.3) is 11.8 Å². The van der Waals surface area contributed by atoms with Gasteiger partial charge in [0, 0.05) is 12.1 Å². The van der Waals surface area contributed by atoms with Crippen molar-refractivity contribution in [3.05, 3.63) is 41.2 Å². The fourth-order valence-corrected chi connectivity index (χ4v) is 2.83. The van der Waals surface area contributed by atoms with E-state index >= 15 is 0 Å². The molecule has 1 aliphatic rings. The molecule has 0 bridgehead atoms. The molecule has 1 aliphatic heterocycles. The summed E-state index contributed by atoms with van der Waals surface area (Å²) in [7, 11) is 3.80. The van der Waals surface area contributed by atoms with Gasteiger partial charge in [0.05, 0.1) is 25.8 Å². The summed E-state index contributed by atoms with van der Waals surface area (Å²) >= 11 is 5.88. The van der Waals surface area contributed by atoms with E-state index in [-0.39, 0.29) is 17.2 Å². The number of nitrogens with zero attached hydrogens (tertiary/aromatic N) is 6. The highest BCUT2D eigenvalue weighted by Crippen LogP contribution is 2.21. The first-order valence-corrected chi connectivity index (χ1v) is 8.95. The smallest absolute Gasteiger partial charge is 0.357 e. The number of aromatic nitrogens is 4. The summed E-state index contributed by atoms with van der Waals surface area (Å²) in [6, 6.07) is 6.88. The van der Waals surface area contributed by atoms with Crippen LogP contribution in [-0.2, 0) is 23.8 Å². The Morgan fingerprint density at radius 1 is 1.03 bits per heavy atom. The average Bonchev–Trinajstić information content (AvgIpc) is 3.25. The number of tetrazole rings is 1. The molecule has 2 atom stereocenters. The largest absolute Gasteiger partial charge is 0.464 e. The molecule has 0 saturated heterocycles. The average molecular weight is 433 g/mol. The summed E-state index contributed by atoms with van der Waals surface area (Å²) in [6.45, 7) is 0. The molecule has 30 heavy (non-hydrogen) atoms. The van der Waals surface area contributed by atoms with Crippen LogP contribution in [0.15, 0.2) is 40.5 Å². The van der Waals surface area contributed by atoms with Crippen molar-refractivity contribution in [2.45, 2.75) is 6.10 Å².